The molecule has 5 heteroatoms. The predicted molar refractivity (Wildman–Crippen MR) is 202 cm³/mol. The Labute approximate surface area is 287 Å². The molecule has 0 unspecified atom stereocenters. The van der Waals surface area contributed by atoms with Crippen molar-refractivity contribution in [3.63, 3.8) is 0 Å². The topological polar surface area (TPSA) is 65.0 Å². The summed E-state index contributed by atoms with van der Waals surface area (Å²) < 4.78 is 12.9. The van der Waals surface area contributed by atoms with Gasteiger partial charge >= 0.3 is 0 Å². The van der Waals surface area contributed by atoms with Gasteiger partial charge in [0.15, 0.2) is 17.5 Å². The van der Waals surface area contributed by atoms with E-state index in [1.54, 1.807) is 0 Å². The average molecular weight is 642 g/mol. The Bertz CT molecular complexity index is 2860. The van der Waals surface area contributed by atoms with Crippen LogP contribution in [0.4, 0.5) is 0 Å². The summed E-state index contributed by atoms with van der Waals surface area (Å²) in [5.74, 6) is 1.72. The molecule has 234 valence electrons. The molecule has 0 spiro atoms. The van der Waals surface area contributed by atoms with E-state index in [1.165, 1.54) is 0 Å². The maximum atomic E-state index is 6.46. The monoisotopic (exact) mass is 641 g/mol. The van der Waals surface area contributed by atoms with Gasteiger partial charge in [0.1, 0.15) is 22.3 Å². The fraction of sp³-hybridized carbons (Fsp3) is 0. The van der Waals surface area contributed by atoms with E-state index in [0.29, 0.717) is 17.5 Å². The third kappa shape index (κ3) is 4.67. The van der Waals surface area contributed by atoms with Gasteiger partial charge in [0.05, 0.1) is 0 Å². The van der Waals surface area contributed by atoms with E-state index in [0.717, 1.165) is 82.8 Å². The van der Waals surface area contributed by atoms with Gasteiger partial charge in [0.2, 0.25) is 0 Å². The maximum Gasteiger partial charge on any atom is 0.164 e. The summed E-state index contributed by atoms with van der Waals surface area (Å²) in [6, 6.07) is 55.6. The zero-order valence-electron chi connectivity index (χ0n) is 26.7. The highest BCUT2D eigenvalue weighted by Gasteiger charge is 2.20. The molecule has 0 atom stereocenters. The van der Waals surface area contributed by atoms with Crippen molar-refractivity contribution in [2.24, 2.45) is 0 Å². The van der Waals surface area contributed by atoms with Crippen molar-refractivity contribution >= 4 is 43.9 Å². The van der Waals surface area contributed by atoms with E-state index < -0.39 is 0 Å². The molecule has 3 heterocycles. The van der Waals surface area contributed by atoms with Crippen molar-refractivity contribution in [2.45, 2.75) is 0 Å². The molecule has 3 aromatic heterocycles. The summed E-state index contributed by atoms with van der Waals surface area (Å²) in [6.45, 7) is 0. The molecule has 10 aromatic rings. The van der Waals surface area contributed by atoms with E-state index in [4.69, 9.17) is 23.8 Å². The lowest BCUT2D eigenvalue weighted by Gasteiger charge is -2.11. The Hall–Kier alpha value is -6.85. The van der Waals surface area contributed by atoms with E-state index in [9.17, 15) is 0 Å². The van der Waals surface area contributed by atoms with Crippen molar-refractivity contribution in [2.75, 3.05) is 0 Å². The number of para-hydroxylation sites is 1. The molecule has 0 N–H and O–H groups in total. The van der Waals surface area contributed by atoms with Gasteiger partial charge in [0, 0.05) is 38.2 Å². The second-order valence-corrected chi connectivity index (χ2v) is 12.4. The number of aromatic nitrogens is 3. The van der Waals surface area contributed by atoms with Crippen molar-refractivity contribution in [3.8, 4) is 56.4 Å². The first-order valence-electron chi connectivity index (χ1n) is 16.6. The molecular weight excluding hydrogens is 615 g/mol. The third-order valence-electron chi connectivity index (χ3n) is 9.33. The van der Waals surface area contributed by atoms with Crippen LogP contribution in [0, 0.1) is 0 Å². The van der Waals surface area contributed by atoms with Crippen LogP contribution in [0.15, 0.2) is 173 Å². The molecule has 0 aliphatic heterocycles. The quantitative estimate of drug-likeness (QED) is 0.187. The van der Waals surface area contributed by atoms with Crippen LogP contribution < -0.4 is 0 Å². The number of nitrogens with zero attached hydrogens (tertiary/aromatic N) is 3. The van der Waals surface area contributed by atoms with Crippen molar-refractivity contribution in [1.29, 1.82) is 0 Å². The summed E-state index contributed by atoms with van der Waals surface area (Å²) in [7, 11) is 0. The highest BCUT2D eigenvalue weighted by Crippen LogP contribution is 2.41. The molecule has 5 nitrogen and oxygen atoms in total. The Balaban J connectivity index is 1.22. The minimum absolute atomic E-state index is 0.560. The van der Waals surface area contributed by atoms with Gasteiger partial charge in [-0.15, -0.1) is 0 Å². The maximum absolute atomic E-state index is 6.46. The van der Waals surface area contributed by atoms with Crippen LogP contribution in [0.5, 0.6) is 0 Å². The zero-order valence-corrected chi connectivity index (χ0v) is 26.7. The minimum Gasteiger partial charge on any atom is -0.456 e. The molecule has 0 fully saturated rings. The fourth-order valence-electron chi connectivity index (χ4n) is 6.99. The van der Waals surface area contributed by atoms with Gasteiger partial charge in [-0.2, -0.15) is 0 Å². The van der Waals surface area contributed by atoms with Crippen LogP contribution in [0.25, 0.3) is 100 Å². The summed E-state index contributed by atoms with van der Waals surface area (Å²) in [4.78, 5) is 15.4. The van der Waals surface area contributed by atoms with Gasteiger partial charge in [-0.25, -0.2) is 15.0 Å². The summed E-state index contributed by atoms with van der Waals surface area (Å²) in [6.07, 6.45) is 0. The number of fused-ring (bicyclic) bond motifs is 6. The first-order valence-corrected chi connectivity index (χ1v) is 16.6. The lowest BCUT2D eigenvalue weighted by Crippen LogP contribution is -2.00. The van der Waals surface area contributed by atoms with Crippen LogP contribution in [-0.4, -0.2) is 15.0 Å². The van der Waals surface area contributed by atoms with Crippen LogP contribution in [0.1, 0.15) is 0 Å². The highest BCUT2D eigenvalue weighted by atomic mass is 16.3. The summed E-state index contributed by atoms with van der Waals surface area (Å²) in [5.41, 5.74) is 10.2. The van der Waals surface area contributed by atoms with Crippen molar-refractivity contribution in [3.05, 3.63) is 164 Å². The SMILES string of the molecule is c1ccc(-c2ccc3c(c2)oc2cccc(-c4nc(-c5ccccc5)nc(-c5cc(-c6ccccc6)c6c(c5)oc5ccccc56)n4)c23)cc1. The van der Waals surface area contributed by atoms with Gasteiger partial charge < -0.3 is 8.83 Å². The summed E-state index contributed by atoms with van der Waals surface area (Å²) >= 11 is 0. The number of benzene rings is 7. The minimum atomic E-state index is 0.560. The molecule has 0 amide bonds. The molecule has 10 rings (SSSR count). The van der Waals surface area contributed by atoms with Gasteiger partial charge in [-0.3, -0.25) is 0 Å². The first kappa shape index (κ1) is 28.2. The number of hydrogen-bond acceptors (Lipinski definition) is 5. The second kappa shape index (κ2) is 11.4. The fourth-order valence-corrected chi connectivity index (χ4v) is 6.99. The summed E-state index contributed by atoms with van der Waals surface area (Å²) in [5, 5.41) is 4.12. The van der Waals surface area contributed by atoms with Gasteiger partial charge in [-0.05, 0) is 58.7 Å². The second-order valence-electron chi connectivity index (χ2n) is 12.4. The smallest absolute Gasteiger partial charge is 0.164 e. The Morgan fingerprint density at radius 3 is 1.64 bits per heavy atom. The van der Waals surface area contributed by atoms with Crippen LogP contribution in [0.3, 0.4) is 0 Å². The predicted octanol–water partition coefficient (Wildman–Crippen LogP) is 12.0. The Kier molecular flexibility index (Phi) is 6.42. The van der Waals surface area contributed by atoms with Crippen molar-refractivity contribution in [1.82, 2.24) is 15.0 Å². The lowest BCUT2D eigenvalue weighted by molar-refractivity contribution is 0.669. The Morgan fingerprint density at radius 2 is 0.860 bits per heavy atom. The molecule has 0 aliphatic carbocycles. The first-order chi connectivity index (χ1) is 24.8. The molecule has 7 aromatic carbocycles. The highest BCUT2D eigenvalue weighted by molar-refractivity contribution is 6.14. The van der Waals surface area contributed by atoms with Crippen molar-refractivity contribution < 1.29 is 8.83 Å². The standard InChI is InChI=1S/C45H27N3O2/c1-4-13-28(14-5-1)31-23-24-34-39(26-31)50-38-22-12-20-35(41(34)38)45-47-43(30-17-8-3-9-18-30)46-44(48-45)32-25-36(29-15-6-2-7-16-29)42-33-19-10-11-21-37(33)49-40(42)27-32/h1-27H. The van der Waals surface area contributed by atoms with Crippen LogP contribution in [-0.2, 0) is 0 Å². The molecule has 0 saturated heterocycles. The van der Waals surface area contributed by atoms with Crippen LogP contribution >= 0.6 is 0 Å². The number of hydrogen-bond donors (Lipinski definition) is 0. The molecule has 0 aliphatic rings. The van der Waals surface area contributed by atoms with E-state index in [2.05, 4.69) is 78.9 Å². The average Bonchev–Trinajstić information content (AvgIpc) is 3.76. The van der Waals surface area contributed by atoms with E-state index >= 15 is 0 Å². The molecule has 50 heavy (non-hydrogen) atoms. The Morgan fingerprint density at radius 1 is 0.300 bits per heavy atom. The molecule has 0 saturated carbocycles. The number of furan rings is 2. The number of rotatable bonds is 5. The zero-order chi connectivity index (χ0) is 33.0. The van der Waals surface area contributed by atoms with Gasteiger partial charge in [0.25, 0.3) is 0 Å². The van der Waals surface area contributed by atoms with Gasteiger partial charge in [-0.1, -0.05) is 127 Å². The molecule has 0 radical (unpaired) electrons. The normalized spacial score (nSPS) is 11.6. The third-order valence-corrected chi connectivity index (χ3v) is 9.33. The van der Waals surface area contributed by atoms with Crippen LogP contribution in [0.2, 0.25) is 0 Å². The lowest BCUT2D eigenvalue weighted by atomic mass is 9.96. The molecular formula is C45H27N3O2. The molecule has 0 bridgehead atoms. The van der Waals surface area contributed by atoms with E-state index in [-0.39, 0.29) is 0 Å². The van der Waals surface area contributed by atoms with E-state index in [1.807, 2.05) is 84.9 Å². The largest absolute Gasteiger partial charge is 0.456 e.